The zero-order valence-electron chi connectivity index (χ0n) is 14.1. The molecule has 0 bridgehead atoms. The molecule has 2 aromatic heterocycles. The molecule has 0 saturated heterocycles. The summed E-state index contributed by atoms with van der Waals surface area (Å²) in [5, 5.41) is 9.05. The zero-order chi connectivity index (χ0) is 16.3. The molecule has 0 spiro atoms. The lowest BCUT2D eigenvalue weighted by Crippen LogP contribution is -2.35. The number of pyridine rings is 1. The smallest absolute Gasteiger partial charge is 0.233 e. The second kappa shape index (κ2) is 14.0. The van der Waals surface area contributed by atoms with Crippen LogP contribution in [-0.2, 0) is 16.0 Å². The van der Waals surface area contributed by atoms with Crippen LogP contribution < -0.4 is 10.6 Å². The Bertz CT molecular complexity index is 599. The highest BCUT2D eigenvalue weighted by molar-refractivity contribution is 7.09. The average Bonchev–Trinajstić information content (AvgIpc) is 3.05. The summed E-state index contributed by atoms with van der Waals surface area (Å²) >= 11 is 1.65. The number of carbonyl (C=O) groups excluding carboxylic acids is 1. The molecule has 9 heteroatoms. The van der Waals surface area contributed by atoms with Crippen LogP contribution in [0.4, 0.5) is 0 Å². The van der Waals surface area contributed by atoms with Gasteiger partial charge in [-0.2, -0.15) is 0 Å². The third kappa shape index (κ3) is 9.13. The van der Waals surface area contributed by atoms with Gasteiger partial charge < -0.3 is 15.4 Å². The Hall–Kier alpha value is -1.25. The molecule has 2 aromatic rings. The van der Waals surface area contributed by atoms with Gasteiger partial charge in [0.2, 0.25) is 5.91 Å². The standard InChI is InChI=1S/C16H22N4O2S.2ClH/c1-22-10-9-18-11-15(21)19-6-2-3-16-20-14(12-23-16)13-4-7-17-8-5-13;;/h4-5,7-8,12,18H,2-3,6,9-11H2,1H3,(H,19,21);2*1H. The minimum Gasteiger partial charge on any atom is -0.383 e. The van der Waals surface area contributed by atoms with Crippen LogP contribution in [0.25, 0.3) is 11.3 Å². The molecule has 2 rings (SSSR count). The first-order chi connectivity index (χ1) is 11.3. The van der Waals surface area contributed by atoms with Crippen molar-refractivity contribution < 1.29 is 9.53 Å². The number of hydrogen-bond donors (Lipinski definition) is 2. The number of thiazole rings is 1. The van der Waals surface area contributed by atoms with Crippen molar-refractivity contribution in [3.8, 4) is 11.3 Å². The lowest BCUT2D eigenvalue weighted by molar-refractivity contribution is -0.120. The molecule has 0 aliphatic carbocycles. The van der Waals surface area contributed by atoms with Crippen molar-refractivity contribution in [3.63, 3.8) is 0 Å². The maximum atomic E-state index is 11.6. The Morgan fingerprint density at radius 2 is 2.00 bits per heavy atom. The number of methoxy groups -OCH3 is 1. The van der Waals surface area contributed by atoms with Crippen LogP contribution in [0.15, 0.2) is 29.9 Å². The summed E-state index contributed by atoms with van der Waals surface area (Å²) in [5.74, 6) is 0.0118. The summed E-state index contributed by atoms with van der Waals surface area (Å²) in [5.41, 5.74) is 2.07. The molecule has 0 fully saturated rings. The summed E-state index contributed by atoms with van der Waals surface area (Å²) in [6, 6.07) is 3.91. The van der Waals surface area contributed by atoms with E-state index < -0.39 is 0 Å². The molecule has 2 N–H and O–H groups in total. The normalized spacial score (nSPS) is 9.80. The maximum absolute atomic E-state index is 11.6. The van der Waals surface area contributed by atoms with Crippen molar-refractivity contribution in [2.24, 2.45) is 0 Å². The number of nitrogens with one attached hydrogen (secondary N) is 2. The summed E-state index contributed by atoms with van der Waals surface area (Å²) in [6.07, 6.45) is 5.29. The van der Waals surface area contributed by atoms with Gasteiger partial charge in [0, 0.05) is 50.0 Å². The summed E-state index contributed by atoms with van der Waals surface area (Å²) in [6.45, 7) is 2.28. The fourth-order valence-electron chi connectivity index (χ4n) is 1.99. The van der Waals surface area contributed by atoms with Crippen LogP contribution in [0.5, 0.6) is 0 Å². The molecule has 0 atom stereocenters. The quantitative estimate of drug-likeness (QED) is 0.592. The summed E-state index contributed by atoms with van der Waals surface area (Å²) < 4.78 is 4.90. The highest BCUT2D eigenvalue weighted by Gasteiger charge is 2.05. The van der Waals surface area contributed by atoms with Crippen molar-refractivity contribution in [1.29, 1.82) is 0 Å². The SMILES string of the molecule is COCCNCC(=O)NCCCc1nc(-c2ccncc2)cs1.Cl.Cl. The van der Waals surface area contributed by atoms with Gasteiger partial charge in [-0.1, -0.05) is 0 Å². The van der Waals surface area contributed by atoms with Gasteiger partial charge in [-0.05, 0) is 18.6 Å². The van der Waals surface area contributed by atoms with E-state index in [1.54, 1.807) is 30.8 Å². The van der Waals surface area contributed by atoms with Gasteiger partial charge in [0.05, 0.1) is 23.9 Å². The van der Waals surface area contributed by atoms with E-state index in [0.717, 1.165) is 29.1 Å². The number of carbonyl (C=O) groups is 1. The fourth-order valence-corrected chi connectivity index (χ4v) is 2.84. The van der Waals surface area contributed by atoms with E-state index in [1.165, 1.54) is 0 Å². The molecule has 0 unspecified atom stereocenters. The largest absolute Gasteiger partial charge is 0.383 e. The van der Waals surface area contributed by atoms with Gasteiger partial charge >= 0.3 is 0 Å². The highest BCUT2D eigenvalue weighted by atomic mass is 35.5. The molecular weight excluding hydrogens is 383 g/mol. The molecule has 0 aliphatic heterocycles. The molecule has 6 nitrogen and oxygen atoms in total. The van der Waals surface area contributed by atoms with Crippen LogP contribution in [0.1, 0.15) is 11.4 Å². The monoisotopic (exact) mass is 406 g/mol. The van der Waals surface area contributed by atoms with Crippen molar-refractivity contribution in [2.45, 2.75) is 12.8 Å². The van der Waals surface area contributed by atoms with Gasteiger partial charge in [0.1, 0.15) is 0 Å². The molecule has 1 amide bonds. The van der Waals surface area contributed by atoms with Crippen LogP contribution in [0, 0.1) is 0 Å². The topological polar surface area (TPSA) is 76.1 Å². The molecule has 2 heterocycles. The van der Waals surface area contributed by atoms with E-state index in [2.05, 4.69) is 26.0 Å². The second-order valence-electron chi connectivity index (χ2n) is 4.99. The molecule has 0 radical (unpaired) electrons. The number of amides is 1. The van der Waals surface area contributed by atoms with E-state index in [4.69, 9.17) is 4.74 Å². The Balaban J connectivity index is 0.00000288. The first-order valence-corrected chi connectivity index (χ1v) is 8.48. The van der Waals surface area contributed by atoms with Crippen molar-refractivity contribution in [1.82, 2.24) is 20.6 Å². The van der Waals surface area contributed by atoms with Crippen LogP contribution in [0.2, 0.25) is 0 Å². The van der Waals surface area contributed by atoms with E-state index in [0.29, 0.717) is 26.2 Å². The van der Waals surface area contributed by atoms with Gasteiger partial charge in [-0.15, -0.1) is 36.2 Å². The average molecular weight is 407 g/mol. The Morgan fingerprint density at radius 1 is 1.24 bits per heavy atom. The lowest BCUT2D eigenvalue weighted by atomic mass is 10.2. The molecule has 25 heavy (non-hydrogen) atoms. The first-order valence-electron chi connectivity index (χ1n) is 7.60. The third-order valence-electron chi connectivity index (χ3n) is 3.19. The Morgan fingerprint density at radius 3 is 2.72 bits per heavy atom. The van der Waals surface area contributed by atoms with Crippen molar-refractivity contribution in [2.75, 3.05) is 33.4 Å². The lowest BCUT2D eigenvalue weighted by Gasteiger charge is -2.05. The van der Waals surface area contributed by atoms with Crippen LogP contribution >= 0.6 is 36.2 Å². The number of aryl methyl sites for hydroxylation is 1. The summed E-state index contributed by atoms with van der Waals surface area (Å²) in [7, 11) is 1.64. The van der Waals surface area contributed by atoms with E-state index >= 15 is 0 Å². The van der Waals surface area contributed by atoms with Gasteiger partial charge in [-0.25, -0.2) is 4.98 Å². The van der Waals surface area contributed by atoms with Gasteiger partial charge in [0.15, 0.2) is 0 Å². The number of rotatable bonds is 10. The van der Waals surface area contributed by atoms with E-state index in [9.17, 15) is 4.79 Å². The molecule has 0 aromatic carbocycles. The van der Waals surface area contributed by atoms with Crippen LogP contribution in [0.3, 0.4) is 0 Å². The predicted octanol–water partition coefficient (Wildman–Crippen LogP) is 2.33. The fraction of sp³-hybridized carbons (Fsp3) is 0.438. The number of nitrogens with zero attached hydrogens (tertiary/aromatic N) is 2. The molecule has 0 aliphatic rings. The van der Waals surface area contributed by atoms with E-state index in [-0.39, 0.29) is 30.7 Å². The number of ether oxygens (including phenoxy) is 1. The Kier molecular flexibility index (Phi) is 13.3. The van der Waals surface area contributed by atoms with Gasteiger partial charge in [0.25, 0.3) is 0 Å². The second-order valence-corrected chi connectivity index (χ2v) is 5.93. The Labute approximate surface area is 164 Å². The van der Waals surface area contributed by atoms with Crippen molar-refractivity contribution >= 4 is 42.1 Å². The van der Waals surface area contributed by atoms with Crippen LogP contribution in [-0.4, -0.2) is 49.2 Å². The minimum absolute atomic E-state index is 0. The zero-order valence-corrected chi connectivity index (χ0v) is 16.5. The first kappa shape index (κ1) is 23.8. The number of hydrogen-bond acceptors (Lipinski definition) is 6. The number of aromatic nitrogens is 2. The summed E-state index contributed by atoms with van der Waals surface area (Å²) in [4.78, 5) is 20.2. The minimum atomic E-state index is 0. The highest BCUT2D eigenvalue weighted by Crippen LogP contribution is 2.21. The number of halogens is 2. The van der Waals surface area contributed by atoms with E-state index in [1.807, 2.05) is 12.1 Å². The molecular formula is C16H24Cl2N4O2S. The van der Waals surface area contributed by atoms with Crippen molar-refractivity contribution in [3.05, 3.63) is 34.9 Å². The molecule has 140 valence electrons. The third-order valence-corrected chi connectivity index (χ3v) is 4.09. The maximum Gasteiger partial charge on any atom is 0.233 e. The molecule has 0 saturated carbocycles. The predicted molar refractivity (Wildman–Crippen MR) is 106 cm³/mol. The van der Waals surface area contributed by atoms with Gasteiger partial charge in [-0.3, -0.25) is 9.78 Å².